The summed E-state index contributed by atoms with van der Waals surface area (Å²) in [7, 11) is -2.40. The molecular weight excluding hydrogens is 526 g/mol. The minimum absolute atomic E-state index is 0.0141. The zero-order chi connectivity index (χ0) is 27.0. The van der Waals surface area contributed by atoms with Gasteiger partial charge in [0.25, 0.3) is 15.9 Å². The third-order valence-corrected chi connectivity index (χ3v) is 6.98. The topological polar surface area (TPSA) is 106 Å². The number of rotatable bonds is 10. The highest BCUT2D eigenvalue weighted by atomic mass is 35.5. The third-order valence-electron chi connectivity index (χ3n) is 5.34. The van der Waals surface area contributed by atoms with E-state index >= 15 is 0 Å². The summed E-state index contributed by atoms with van der Waals surface area (Å²) in [5.41, 5.74) is 4.32. The Morgan fingerprint density at radius 2 is 1.63 bits per heavy atom. The molecule has 4 rings (SSSR count). The van der Waals surface area contributed by atoms with Gasteiger partial charge in [-0.1, -0.05) is 54.1 Å². The van der Waals surface area contributed by atoms with Crippen LogP contribution in [-0.2, 0) is 16.6 Å². The Kier molecular flexibility index (Phi) is 8.62. The number of benzene rings is 4. The lowest BCUT2D eigenvalue weighted by atomic mass is 10.2. The van der Waals surface area contributed by atoms with E-state index in [4.69, 9.17) is 21.1 Å². The number of methoxy groups -OCH3 is 1. The fourth-order valence-corrected chi connectivity index (χ4v) is 4.64. The maximum Gasteiger partial charge on any atom is 0.273 e. The van der Waals surface area contributed by atoms with Crippen LogP contribution >= 0.6 is 11.6 Å². The first-order valence-electron chi connectivity index (χ1n) is 11.4. The Labute approximate surface area is 225 Å². The molecule has 0 unspecified atom stereocenters. The van der Waals surface area contributed by atoms with Gasteiger partial charge in [0.15, 0.2) is 11.5 Å². The van der Waals surface area contributed by atoms with Crippen molar-refractivity contribution in [3.8, 4) is 11.5 Å². The summed E-state index contributed by atoms with van der Waals surface area (Å²) >= 11 is 5.85. The van der Waals surface area contributed by atoms with Crippen LogP contribution in [0.5, 0.6) is 11.5 Å². The normalized spacial score (nSPS) is 11.2. The van der Waals surface area contributed by atoms with E-state index in [0.29, 0.717) is 28.7 Å². The minimum atomic E-state index is -3.94. The van der Waals surface area contributed by atoms with E-state index in [1.54, 1.807) is 30.3 Å². The van der Waals surface area contributed by atoms with E-state index in [0.717, 1.165) is 5.56 Å². The molecule has 0 atom stereocenters. The molecule has 0 aliphatic rings. The van der Waals surface area contributed by atoms with Crippen molar-refractivity contribution in [3.63, 3.8) is 0 Å². The fraction of sp³-hybridized carbons (Fsp3) is 0.0714. The van der Waals surface area contributed by atoms with E-state index < -0.39 is 15.9 Å². The molecule has 0 heterocycles. The molecule has 0 spiro atoms. The molecule has 0 saturated heterocycles. The number of para-hydroxylation sites is 1. The van der Waals surface area contributed by atoms with Crippen LogP contribution in [0.1, 0.15) is 21.5 Å². The van der Waals surface area contributed by atoms with Gasteiger partial charge in [0.1, 0.15) is 6.61 Å². The van der Waals surface area contributed by atoms with Gasteiger partial charge >= 0.3 is 0 Å². The fourth-order valence-electron chi connectivity index (χ4n) is 3.43. The highest BCUT2D eigenvalue weighted by molar-refractivity contribution is 7.92. The number of halogens is 1. The van der Waals surface area contributed by atoms with Gasteiger partial charge in [0, 0.05) is 5.02 Å². The van der Waals surface area contributed by atoms with Crippen LogP contribution in [0.25, 0.3) is 0 Å². The van der Waals surface area contributed by atoms with Crippen molar-refractivity contribution in [1.82, 2.24) is 5.43 Å². The van der Waals surface area contributed by atoms with Gasteiger partial charge in [-0.3, -0.25) is 9.52 Å². The summed E-state index contributed by atoms with van der Waals surface area (Å²) in [5, 5.41) is 4.42. The lowest BCUT2D eigenvalue weighted by Gasteiger charge is -2.12. The van der Waals surface area contributed by atoms with Crippen LogP contribution in [-0.4, -0.2) is 27.6 Å². The number of nitrogens with one attached hydrogen (secondary N) is 2. The molecule has 4 aromatic carbocycles. The molecular formula is C28H24ClN3O5S. The van der Waals surface area contributed by atoms with Crippen LogP contribution in [0.2, 0.25) is 5.02 Å². The molecule has 0 radical (unpaired) electrons. The third kappa shape index (κ3) is 6.90. The highest BCUT2D eigenvalue weighted by Gasteiger charge is 2.18. The van der Waals surface area contributed by atoms with Gasteiger partial charge < -0.3 is 9.47 Å². The molecule has 38 heavy (non-hydrogen) atoms. The number of carbonyl (C=O) groups excluding carboxylic acids is 1. The number of ether oxygens (including phenoxy) is 2. The summed E-state index contributed by atoms with van der Waals surface area (Å²) in [5.74, 6) is 0.489. The summed E-state index contributed by atoms with van der Waals surface area (Å²) in [4.78, 5) is 12.8. The predicted octanol–water partition coefficient (Wildman–Crippen LogP) is 5.49. The van der Waals surface area contributed by atoms with Gasteiger partial charge in [0.2, 0.25) is 0 Å². The number of sulfonamides is 1. The van der Waals surface area contributed by atoms with Crippen molar-refractivity contribution in [1.29, 1.82) is 0 Å². The molecule has 0 fully saturated rings. The van der Waals surface area contributed by atoms with Crippen molar-refractivity contribution >= 4 is 39.4 Å². The van der Waals surface area contributed by atoms with Crippen LogP contribution in [0.4, 0.5) is 5.69 Å². The first-order valence-corrected chi connectivity index (χ1v) is 13.3. The van der Waals surface area contributed by atoms with Gasteiger partial charge in [0.05, 0.1) is 29.5 Å². The molecule has 10 heteroatoms. The number of carbonyl (C=O) groups is 1. The summed E-state index contributed by atoms with van der Waals surface area (Å²) in [6, 6.07) is 26.9. The molecule has 0 aliphatic carbocycles. The largest absolute Gasteiger partial charge is 0.493 e. The Bertz CT molecular complexity index is 1540. The Balaban J connectivity index is 1.42. The molecule has 0 saturated carbocycles. The molecule has 0 aromatic heterocycles. The molecule has 4 aromatic rings. The van der Waals surface area contributed by atoms with Gasteiger partial charge in [-0.2, -0.15) is 5.10 Å². The quantitative estimate of drug-likeness (QED) is 0.201. The molecule has 8 nitrogen and oxygen atoms in total. The second kappa shape index (κ2) is 12.3. The van der Waals surface area contributed by atoms with Crippen LogP contribution in [0, 0.1) is 0 Å². The van der Waals surface area contributed by atoms with E-state index in [9.17, 15) is 13.2 Å². The van der Waals surface area contributed by atoms with Crippen LogP contribution in [0.3, 0.4) is 0 Å². The lowest BCUT2D eigenvalue weighted by Crippen LogP contribution is -2.21. The van der Waals surface area contributed by atoms with Crippen molar-refractivity contribution < 1.29 is 22.7 Å². The van der Waals surface area contributed by atoms with E-state index in [1.807, 2.05) is 30.3 Å². The number of hydrogen-bond acceptors (Lipinski definition) is 6. The molecule has 0 aliphatic heterocycles. The van der Waals surface area contributed by atoms with E-state index in [2.05, 4.69) is 15.2 Å². The molecule has 2 N–H and O–H groups in total. The van der Waals surface area contributed by atoms with Gasteiger partial charge in [-0.25, -0.2) is 13.8 Å². The Morgan fingerprint density at radius 1 is 0.921 bits per heavy atom. The summed E-state index contributed by atoms with van der Waals surface area (Å²) < 4.78 is 39.3. The average molecular weight is 550 g/mol. The van der Waals surface area contributed by atoms with Gasteiger partial charge in [-0.15, -0.1) is 0 Å². The second-order valence-corrected chi connectivity index (χ2v) is 10.1. The Hall–Kier alpha value is -4.34. The van der Waals surface area contributed by atoms with Crippen molar-refractivity contribution in [2.24, 2.45) is 5.10 Å². The molecule has 194 valence electrons. The summed E-state index contributed by atoms with van der Waals surface area (Å²) in [6.45, 7) is 0.391. The minimum Gasteiger partial charge on any atom is -0.493 e. The number of hydrogen-bond donors (Lipinski definition) is 2. The van der Waals surface area contributed by atoms with Crippen molar-refractivity contribution in [2.75, 3.05) is 11.8 Å². The predicted molar refractivity (Wildman–Crippen MR) is 148 cm³/mol. The van der Waals surface area contributed by atoms with Crippen molar-refractivity contribution in [3.05, 3.63) is 119 Å². The average Bonchev–Trinajstić information content (AvgIpc) is 2.93. The Morgan fingerprint density at radius 3 is 2.37 bits per heavy atom. The zero-order valence-corrected chi connectivity index (χ0v) is 21.9. The van der Waals surface area contributed by atoms with Gasteiger partial charge in [-0.05, 0) is 65.7 Å². The number of amides is 1. The lowest BCUT2D eigenvalue weighted by molar-refractivity contribution is 0.0956. The number of nitrogens with zero attached hydrogens (tertiary/aromatic N) is 1. The van der Waals surface area contributed by atoms with Crippen LogP contribution < -0.4 is 19.6 Å². The zero-order valence-electron chi connectivity index (χ0n) is 20.3. The molecule has 1 amide bonds. The second-order valence-electron chi connectivity index (χ2n) is 7.99. The molecule has 0 bridgehead atoms. The highest BCUT2D eigenvalue weighted by Crippen LogP contribution is 2.28. The maximum atomic E-state index is 12.8. The van der Waals surface area contributed by atoms with Crippen LogP contribution in [0.15, 0.2) is 107 Å². The SMILES string of the molecule is COc1cc(/C=N\NC(=O)c2ccccc2NS(=O)(=O)c2ccc(Cl)cc2)ccc1OCc1ccccc1. The standard InChI is InChI=1S/C28H24ClN3O5S/c1-36-27-17-21(11-16-26(27)37-19-20-7-3-2-4-8-20)18-30-31-28(33)24-9-5-6-10-25(24)32-38(34,35)23-14-12-22(29)13-15-23/h2-18,32H,19H2,1H3,(H,31,33)/b30-18-. The first-order chi connectivity index (χ1) is 18.4. The van der Waals surface area contributed by atoms with Crippen molar-refractivity contribution in [2.45, 2.75) is 11.5 Å². The smallest absolute Gasteiger partial charge is 0.273 e. The first kappa shape index (κ1) is 26.7. The monoisotopic (exact) mass is 549 g/mol. The number of anilines is 1. The van der Waals surface area contributed by atoms with E-state index in [1.165, 1.54) is 49.7 Å². The summed E-state index contributed by atoms with van der Waals surface area (Å²) in [6.07, 6.45) is 1.45. The number of hydrazone groups is 1. The maximum absolute atomic E-state index is 12.8. The van der Waals surface area contributed by atoms with E-state index in [-0.39, 0.29) is 16.1 Å².